The zero-order chi connectivity index (χ0) is 13.8. The van der Waals surface area contributed by atoms with Gasteiger partial charge in [0.05, 0.1) is 0 Å². The fourth-order valence-corrected chi connectivity index (χ4v) is 3.43. The molecule has 1 fully saturated rings. The quantitative estimate of drug-likeness (QED) is 0.905. The Kier molecular flexibility index (Phi) is 5.43. The van der Waals surface area contributed by atoms with Gasteiger partial charge in [0.15, 0.2) is 0 Å². The molecule has 1 N–H and O–H groups in total. The zero-order valence-electron chi connectivity index (χ0n) is 12.2. The SMILES string of the molecule is CC(N[C@@H](C)c1cccc(Br)c1)C1CCCN(C)C1. The molecule has 1 heterocycles. The van der Waals surface area contributed by atoms with Gasteiger partial charge in [-0.05, 0) is 63.9 Å². The zero-order valence-corrected chi connectivity index (χ0v) is 13.8. The van der Waals surface area contributed by atoms with Crippen molar-refractivity contribution in [3.63, 3.8) is 0 Å². The van der Waals surface area contributed by atoms with Crippen molar-refractivity contribution in [2.24, 2.45) is 5.92 Å². The largest absolute Gasteiger partial charge is 0.307 e. The van der Waals surface area contributed by atoms with Gasteiger partial charge in [0.2, 0.25) is 0 Å². The summed E-state index contributed by atoms with van der Waals surface area (Å²) in [7, 11) is 2.23. The minimum atomic E-state index is 0.403. The highest BCUT2D eigenvalue weighted by atomic mass is 79.9. The molecule has 1 saturated heterocycles. The molecule has 0 radical (unpaired) electrons. The Balaban J connectivity index is 1.92. The van der Waals surface area contributed by atoms with E-state index in [0.29, 0.717) is 12.1 Å². The lowest BCUT2D eigenvalue weighted by atomic mass is 9.91. The molecule has 0 aromatic heterocycles. The van der Waals surface area contributed by atoms with Gasteiger partial charge in [-0.3, -0.25) is 0 Å². The number of nitrogens with zero attached hydrogens (tertiary/aromatic N) is 1. The Bertz CT molecular complexity index is 407. The number of halogens is 1. The standard InChI is InChI=1S/C16H25BrN2/c1-12(14-6-4-8-16(17)10-14)18-13(2)15-7-5-9-19(3)11-15/h4,6,8,10,12-13,15,18H,5,7,9,11H2,1-3H3/t12-,13?,15?/m0/s1. The lowest BCUT2D eigenvalue weighted by Gasteiger charge is -2.35. The van der Waals surface area contributed by atoms with Crippen molar-refractivity contribution in [1.82, 2.24) is 10.2 Å². The van der Waals surface area contributed by atoms with Crippen LogP contribution in [-0.2, 0) is 0 Å². The number of piperidine rings is 1. The molecule has 0 spiro atoms. The highest BCUT2D eigenvalue weighted by Crippen LogP contribution is 2.22. The predicted molar refractivity (Wildman–Crippen MR) is 85.4 cm³/mol. The number of nitrogens with one attached hydrogen (secondary N) is 1. The van der Waals surface area contributed by atoms with Crippen molar-refractivity contribution in [3.05, 3.63) is 34.3 Å². The Morgan fingerprint density at radius 3 is 2.84 bits per heavy atom. The molecule has 0 saturated carbocycles. The molecular formula is C16H25BrN2. The first-order valence-corrected chi connectivity index (χ1v) is 8.05. The van der Waals surface area contributed by atoms with Crippen LogP contribution in [0.1, 0.15) is 38.3 Å². The molecule has 2 nitrogen and oxygen atoms in total. The molecule has 1 aliphatic rings. The van der Waals surface area contributed by atoms with E-state index in [2.05, 4.69) is 71.3 Å². The number of likely N-dealkylation sites (tertiary alicyclic amines) is 1. The molecule has 2 rings (SSSR count). The summed E-state index contributed by atoms with van der Waals surface area (Å²) in [5.41, 5.74) is 1.35. The molecule has 106 valence electrons. The van der Waals surface area contributed by atoms with Gasteiger partial charge in [-0.1, -0.05) is 28.1 Å². The van der Waals surface area contributed by atoms with Crippen LogP contribution >= 0.6 is 15.9 Å². The van der Waals surface area contributed by atoms with Crippen LogP contribution in [0.25, 0.3) is 0 Å². The van der Waals surface area contributed by atoms with Gasteiger partial charge in [0, 0.05) is 23.1 Å². The van der Waals surface area contributed by atoms with Crippen molar-refractivity contribution < 1.29 is 0 Å². The van der Waals surface area contributed by atoms with Crippen LogP contribution in [0.4, 0.5) is 0 Å². The molecule has 0 amide bonds. The van der Waals surface area contributed by atoms with Gasteiger partial charge in [0.25, 0.3) is 0 Å². The van der Waals surface area contributed by atoms with Crippen LogP contribution in [0.15, 0.2) is 28.7 Å². The smallest absolute Gasteiger partial charge is 0.0294 e. The second-order valence-corrected chi connectivity index (χ2v) is 6.81. The van der Waals surface area contributed by atoms with Crippen molar-refractivity contribution in [1.29, 1.82) is 0 Å². The van der Waals surface area contributed by atoms with Gasteiger partial charge in [-0.25, -0.2) is 0 Å². The van der Waals surface area contributed by atoms with Gasteiger partial charge in [-0.2, -0.15) is 0 Å². The van der Waals surface area contributed by atoms with Gasteiger partial charge >= 0.3 is 0 Å². The lowest BCUT2D eigenvalue weighted by molar-refractivity contribution is 0.174. The number of hydrogen-bond acceptors (Lipinski definition) is 2. The van der Waals surface area contributed by atoms with Crippen molar-refractivity contribution in [2.45, 2.75) is 38.8 Å². The Morgan fingerprint density at radius 1 is 1.37 bits per heavy atom. The second kappa shape index (κ2) is 6.87. The van der Waals surface area contributed by atoms with Crippen molar-refractivity contribution in [3.8, 4) is 0 Å². The average molecular weight is 325 g/mol. The van der Waals surface area contributed by atoms with E-state index in [0.717, 1.165) is 10.4 Å². The molecule has 0 bridgehead atoms. The normalized spacial score (nSPS) is 24.1. The fourth-order valence-electron chi connectivity index (χ4n) is 3.02. The Labute approximate surface area is 125 Å². The summed E-state index contributed by atoms with van der Waals surface area (Å²) in [5, 5.41) is 3.77. The highest BCUT2D eigenvalue weighted by molar-refractivity contribution is 9.10. The molecule has 0 aliphatic carbocycles. The molecule has 1 aliphatic heterocycles. The minimum Gasteiger partial charge on any atom is -0.307 e. The number of rotatable bonds is 4. The third kappa shape index (κ3) is 4.30. The fraction of sp³-hybridized carbons (Fsp3) is 0.625. The van der Waals surface area contributed by atoms with E-state index in [1.807, 2.05) is 0 Å². The third-order valence-electron chi connectivity index (χ3n) is 4.23. The van der Waals surface area contributed by atoms with E-state index in [1.54, 1.807) is 0 Å². The topological polar surface area (TPSA) is 15.3 Å². The molecular weight excluding hydrogens is 300 g/mol. The van der Waals surface area contributed by atoms with Gasteiger partial charge in [-0.15, -0.1) is 0 Å². The van der Waals surface area contributed by atoms with Crippen LogP contribution in [0.5, 0.6) is 0 Å². The first-order valence-electron chi connectivity index (χ1n) is 7.26. The lowest BCUT2D eigenvalue weighted by Crippen LogP contribution is -2.43. The van der Waals surface area contributed by atoms with Crippen LogP contribution in [0.2, 0.25) is 0 Å². The van der Waals surface area contributed by atoms with Gasteiger partial charge < -0.3 is 10.2 Å². The Hall–Kier alpha value is -0.380. The monoisotopic (exact) mass is 324 g/mol. The van der Waals surface area contributed by atoms with E-state index < -0.39 is 0 Å². The summed E-state index contributed by atoms with van der Waals surface area (Å²) in [6.07, 6.45) is 2.68. The molecule has 19 heavy (non-hydrogen) atoms. The molecule has 3 heteroatoms. The second-order valence-electron chi connectivity index (χ2n) is 5.90. The summed E-state index contributed by atoms with van der Waals surface area (Å²) in [6.45, 7) is 7.06. The molecule has 1 aromatic carbocycles. The third-order valence-corrected chi connectivity index (χ3v) is 4.72. The van der Waals surface area contributed by atoms with Crippen molar-refractivity contribution in [2.75, 3.05) is 20.1 Å². The van der Waals surface area contributed by atoms with Crippen LogP contribution in [-0.4, -0.2) is 31.1 Å². The maximum Gasteiger partial charge on any atom is 0.0294 e. The molecule has 2 unspecified atom stereocenters. The van der Waals surface area contributed by atoms with E-state index in [9.17, 15) is 0 Å². The summed E-state index contributed by atoms with van der Waals surface area (Å²) in [6, 6.07) is 9.56. The summed E-state index contributed by atoms with van der Waals surface area (Å²) in [5.74, 6) is 0.772. The predicted octanol–water partition coefficient (Wildman–Crippen LogP) is 3.83. The Morgan fingerprint density at radius 2 is 2.16 bits per heavy atom. The average Bonchev–Trinajstić information content (AvgIpc) is 2.38. The summed E-state index contributed by atoms with van der Waals surface area (Å²) >= 11 is 3.55. The number of hydrogen-bond donors (Lipinski definition) is 1. The van der Waals surface area contributed by atoms with Crippen LogP contribution in [0.3, 0.4) is 0 Å². The van der Waals surface area contributed by atoms with Crippen LogP contribution in [0, 0.1) is 5.92 Å². The summed E-state index contributed by atoms with van der Waals surface area (Å²) < 4.78 is 1.16. The molecule has 3 atom stereocenters. The van der Waals surface area contributed by atoms with Crippen LogP contribution < -0.4 is 5.32 Å². The van der Waals surface area contributed by atoms with E-state index in [-0.39, 0.29) is 0 Å². The first-order chi connectivity index (χ1) is 9.06. The number of benzene rings is 1. The van der Waals surface area contributed by atoms with E-state index in [1.165, 1.54) is 31.5 Å². The molecule has 1 aromatic rings. The minimum absolute atomic E-state index is 0.403. The maximum absolute atomic E-state index is 3.77. The summed E-state index contributed by atoms with van der Waals surface area (Å²) in [4.78, 5) is 2.45. The highest BCUT2D eigenvalue weighted by Gasteiger charge is 2.23. The van der Waals surface area contributed by atoms with Gasteiger partial charge in [0.1, 0.15) is 0 Å². The van der Waals surface area contributed by atoms with E-state index >= 15 is 0 Å². The van der Waals surface area contributed by atoms with E-state index in [4.69, 9.17) is 0 Å². The maximum atomic E-state index is 3.77. The van der Waals surface area contributed by atoms with Crippen molar-refractivity contribution >= 4 is 15.9 Å². The first kappa shape index (κ1) is 15.0.